The standard InChI is InChI=1S/C16H18N4O3/c1-10-5-2-3-6-11(10)12(19-16(17)23)9-14(22)20-15-13(21)7-4-8-18-15/h2-8,12,21H,9H2,1H3,(H3,17,19,23)(H,18,20,22)/t12-/m0/s1. The molecule has 0 fully saturated rings. The van der Waals surface area contributed by atoms with Crippen LogP contribution >= 0.6 is 0 Å². The summed E-state index contributed by atoms with van der Waals surface area (Å²) in [5, 5.41) is 14.7. The van der Waals surface area contributed by atoms with Crippen molar-refractivity contribution in [2.24, 2.45) is 5.73 Å². The van der Waals surface area contributed by atoms with Crippen LogP contribution in [0.3, 0.4) is 0 Å². The van der Waals surface area contributed by atoms with E-state index < -0.39 is 18.0 Å². The molecular formula is C16H18N4O3. The number of nitrogens with zero attached hydrogens (tertiary/aromatic N) is 1. The number of carbonyl (C=O) groups is 2. The van der Waals surface area contributed by atoms with Gasteiger partial charge in [-0.05, 0) is 30.2 Å². The Hall–Kier alpha value is -3.09. The molecule has 0 saturated carbocycles. The minimum Gasteiger partial charge on any atom is -0.504 e. The molecule has 2 aromatic rings. The fourth-order valence-electron chi connectivity index (χ4n) is 2.25. The Bertz CT molecular complexity index is 718. The van der Waals surface area contributed by atoms with E-state index >= 15 is 0 Å². The summed E-state index contributed by atoms with van der Waals surface area (Å²) in [6.45, 7) is 1.88. The SMILES string of the molecule is Cc1ccccc1[C@H](CC(=O)Nc1ncccc1O)NC(N)=O. The van der Waals surface area contributed by atoms with Gasteiger partial charge in [-0.15, -0.1) is 0 Å². The lowest BCUT2D eigenvalue weighted by Gasteiger charge is -2.19. The number of pyridine rings is 1. The second-order valence-electron chi connectivity index (χ2n) is 5.04. The molecule has 3 amide bonds. The molecule has 5 N–H and O–H groups in total. The summed E-state index contributed by atoms with van der Waals surface area (Å²) >= 11 is 0. The van der Waals surface area contributed by atoms with Crippen molar-refractivity contribution in [3.8, 4) is 5.75 Å². The maximum absolute atomic E-state index is 12.2. The van der Waals surface area contributed by atoms with E-state index in [2.05, 4.69) is 15.6 Å². The monoisotopic (exact) mass is 314 g/mol. The van der Waals surface area contributed by atoms with Gasteiger partial charge < -0.3 is 21.5 Å². The van der Waals surface area contributed by atoms with Crippen molar-refractivity contribution < 1.29 is 14.7 Å². The van der Waals surface area contributed by atoms with Gasteiger partial charge in [-0.25, -0.2) is 9.78 Å². The number of anilines is 1. The fourth-order valence-corrected chi connectivity index (χ4v) is 2.25. The van der Waals surface area contributed by atoms with E-state index in [0.717, 1.165) is 11.1 Å². The zero-order chi connectivity index (χ0) is 16.8. The number of aryl methyl sites for hydroxylation is 1. The van der Waals surface area contributed by atoms with Crippen LogP contribution in [-0.2, 0) is 4.79 Å². The zero-order valence-corrected chi connectivity index (χ0v) is 12.6. The van der Waals surface area contributed by atoms with Gasteiger partial charge in [0.05, 0.1) is 12.5 Å². The van der Waals surface area contributed by atoms with Crippen LogP contribution in [0.4, 0.5) is 10.6 Å². The minimum atomic E-state index is -0.716. The zero-order valence-electron chi connectivity index (χ0n) is 12.6. The van der Waals surface area contributed by atoms with Crippen LogP contribution in [0.25, 0.3) is 0 Å². The summed E-state index contributed by atoms with van der Waals surface area (Å²) in [5.74, 6) is -0.461. The third-order valence-corrected chi connectivity index (χ3v) is 3.31. The largest absolute Gasteiger partial charge is 0.504 e. The number of carbonyl (C=O) groups excluding carboxylic acids is 2. The van der Waals surface area contributed by atoms with Crippen molar-refractivity contribution in [3.05, 3.63) is 53.7 Å². The maximum atomic E-state index is 12.2. The van der Waals surface area contributed by atoms with Crippen molar-refractivity contribution in [3.63, 3.8) is 0 Å². The van der Waals surface area contributed by atoms with E-state index in [4.69, 9.17) is 5.73 Å². The van der Waals surface area contributed by atoms with Crippen molar-refractivity contribution >= 4 is 17.8 Å². The van der Waals surface area contributed by atoms with Crippen LogP contribution in [0, 0.1) is 6.92 Å². The number of nitrogens with one attached hydrogen (secondary N) is 2. The number of rotatable bonds is 5. The fraction of sp³-hybridized carbons (Fsp3) is 0.188. The molecule has 1 atom stereocenters. The molecule has 2 rings (SSSR count). The van der Waals surface area contributed by atoms with Crippen LogP contribution in [0.1, 0.15) is 23.6 Å². The highest BCUT2D eigenvalue weighted by molar-refractivity contribution is 5.91. The van der Waals surface area contributed by atoms with E-state index in [0.29, 0.717) is 0 Å². The van der Waals surface area contributed by atoms with Gasteiger partial charge in [-0.2, -0.15) is 0 Å². The Kier molecular flexibility index (Phi) is 5.14. The molecule has 7 heteroatoms. The third kappa shape index (κ3) is 4.44. The van der Waals surface area contributed by atoms with Crippen LogP contribution in [0.5, 0.6) is 5.75 Å². The summed E-state index contributed by atoms with van der Waals surface area (Å²) in [7, 11) is 0. The van der Waals surface area contributed by atoms with E-state index in [1.165, 1.54) is 12.3 Å². The van der Waals surface area contributed by atoms with Crippen molar-refractivity contribution in [2.45, 2.75) is 19.4 Å². The van der Waals surface area contributed by atoms with Gasteiger partial charge in [0.1, 0.15) is 0 Å². The predicted molar refractivity (Wildman–Crippen MR) is 85.8 cm³/mol. The topological polar surface area (TPSA) is 117 Å². The molecule has 0 saturated heterocycles. The lowest BCUT2D eigenvalue weighted by Crippen LogP contribution is -2.35. The summed E-state index contributed by atoms with van der Waals surface area (Å²) in [6.07, 6.45) is 1.42. The van der Waals surface area contributed by atoms with E-state index in [9.17, 15) is 14.7 Å². The number of urea groups is 1. The number of nitrogens with two attached hydrogens (primary N) is 1. The second kappa shape index (κ2) is 7.26. The van der Waals surface area contributed by atoms with Crippen LogP contribution in [0.15, 0.2) is 42.6 Å². The molecule has 7 nitrogen and oxygen atoms in total. The average Bonchev–Trinajstić information content (AvgIpc) is 2.49. The number of hydrogen-bond donors (Lipinski definition) is 4. The van der Waals surface area contributed by atoms with Gasteiger partial charge in [0.15, 0.2) is 11.6 Å². The molecule has 0 aliphatic rings. The normalized spacial score (nSPS) is 11.5. The summed E-state index contributed by atoms with van der Waals surface area (Å²) < 4.78 is 0. The lowest BCUT2D eigenvalue weighted by atomic mass is 9.98. The highest BCUT2D eigenvalue weighted by atomic mass is 16.3. The highest BCUT2D eigenvalue weighted by Gasteiger charge is 2.19. The molecule has 1 aromatic heterocycles. The average molecular weight is 314 g/mol. The smallest absolute Gasteiger partial charge is 0.312 e. The van der Waals surface area contributed by atoms with E-state index in [1.807, 2.05) is 31.2 Å². The molecule has 0 bridgehead atoms. The lowest BCUT2D eigenvalue weighted by molar-refractivity contribution is -0.116. The Morgan fingerprint density at radius 3 is 2.65 bits per heavy atom. The molecule has 120 valence electrons. The highest BCUT2D eigenvalue weighted by Crippen LogP contribution is 2.23. The quantitative estimate of drug-likeness (QED) is 0.673. The number of hydrogen-bond acceptors (Lipinski definition) is 4. The number of aromatic hydroxyl groups is 1. The number of primary amides is 1. The van der Waals surface area contributed by atoms with Crippen molar-refractivity contribution in [1.29, 1.82) is 0 Å². The van der Waals surface area contributed by atoms with E-state index in [-0.39, 0.29) is 18.0 Å². The molecular weight excluding hydrogens is 296 g/mol. The molecule has 0 radical (unpaired) electrons. The minimum absolute atomic E-state index is 0.0379. The van der Waals surface area contributed by atoms with Gasteiger partial charge >= 0.3 is 6.03 Å². The maximum Gasteiger partial charge on any atom is 0.312 e. The second-order valence-corrected chi connectivity index (χ2v) is 5.04. The molecule has 0 aliphatic carbocycles. The van der Waals surface area contributed by atoms with Crippen LogP contribution in [0.2, 0.25) is 0 Å². The first-order valence-electron chi connectivity index (χ1n) is 7.02. The van der Waals surface area contributed by atoms with Gasteiger partial charge in [-0.3, -0.25) is 4.79 Å². The van der Waals surface area contributed by atoms with Gasteiger partial charge in [-0.1, -0.05) is 24.3 Å². The Labute approximate surface area is 133 Å². The van der Waals surface area contributed by atoms with Gasteiger partial charge in [0, 0.05) is 6.20 Å². The first-order valence-corrected chi connectivity index (χ1v) is 7.02. The molecule has 0 aliphatic heterocycles. The summed E-state index contributed by atoms with van der Waals surface area (Å²) in [5.41, 5.74) is 6.93. The van der Waals surface area contributed by atoms with Gasteiger partial charge in [0.2, 0.25) is 5.91 Å². The summed E-state index contributed by atoms with van der Waals surface area (Å²) in [6, 6.07) is 9.08. The first-order chi connectivity index (χ1) is 11.0. The summed E-state index contributed by atoms with van der Waals surface area (Å²) in [4.78, 5) is 27.3. The molecule has 23 heavy (non-hydrogen) atoms. The molecule has 0 unspecified atom stereocenters. The Balaban J connectivity index is 2.15. The predicted octanol–water partition coefficient (Wildman–Crippen LogP) is 1.83. The van der Waals surface area contributed by atoms with Crippen LogP contribution < -0.4 is 16.4 Å². The Morgan fingerprint density at radius 2 is 2.00 bits per heavy atom. The first kappa shape index (κ1) is 16.3. The Morgan fingerprint density at radius 1 is 1.26 bits per heavy atom. The van der Waals surface area contributed by atoms with Crippen molar-refractivity contribution in [2.75, 3.05) is 5.32 Å². The third-order valence-electron chi connectivity index (χ3n) is 3.31. The van der Waals surface area contributed by atoms with Crippen LogP contribution in [-0.4, -0.2) is 22.0 Å². The number of amides is 3. The molecule has 0 spiro atoms. The molecule has 1 heterocycles. The number of benzene rings is 1. The molecule has 1 aromatic carbocycles. The van der Waals surface area contributed by atoms with E-state index in [1.54, 1.807) is 6.07 Å². The van der Waals surface area contributed by atoms with Gasteiger partial charge in [0.25, 0.3) is 0 Å². The number of aromatic nitrogens is 1. The van der Waals surface area contributed by atoms with Crippen molar-refractivity contribution in [1.82, 2.24) is 10.3 Å².